The van der Waals surface area contributed by atoms with Crippen molar-refractivity contribution >= 4 is 34.9 Å². The first kappa shape index (κ1) is 14.1. The summed E-state index contributed by atoms with van der Waals surface area (Å²) in [4.78, 5) is 13.3. The zero-order valence-corrected chi connectivity index (χ0v) is 12.3. The van der Waals surface area contributed by atoms with E-state index in [9.17, 15) is 9.90 Å². The van der Waals surface area contributed by atoms with Crippen molar-refractivity contribution < 1.29 is 9.90 Å². The van der Waals surface area contributed by atoms with Gasteiger partial charge in [-0.15, -0.1) is 10.2 Å². The molecule has 1 aliphatic heterocycles. The minimum Gasteiger partial charge on any atom is -0.480 e. The van der Waals surface area contributed by atoms with Gasteiger partial charge in [0.1, 0.15) is 6.04 Å². The van der Waals surface area contributed by atoms with Crippen LogP contribution in [0.2, 0.25) is 10.3 Å². The third kappa shape index (κ3) is 2.66. The molecule has 21 heavy (non-hydrogen) atoms. The van der Waals surface area contributed by atoms with Gasteiger partial charge >= 0.3 is 5.97 Å². The highest BCUT2D eigenvalue weighted by Gasteiger charge is 2.33. The number of hydrogen-bond donors (Lipinski definition) is 1. The van der Waals surface area contributed by atoms with Crippen molar-refractivity contribution in [2.24, 2.45) is 0 Å². The van der Waals surface area contributed by atoms with Crippen molar-refractivity contribution in [3.05, 3.63) is 51.8 Å². The Morgan fingerprint density at radius 1 is 1.24 bits per heavy atom. The molecule has 0 saturated carbocycles. The third-order valence-corrected chi connectivity index (χ3v) is 4.00. The van der Waals surface area contributed by atoms with Crippen LogP contribution in [0, 0.1) is 0 Å². The number of carboxylic acid groups (broad SMARTS) is 1. The van der Waals surface area contributed by atoms with E-state index in [-0.39, 0.29) is 10.3 Å². The van der Waals surface area contributed by atoms with E-state index in [1.54, 1.807) is 11.0 Å². The van der Waals surface area contributed by atoms with Crippen LogP contribution in [-0.2, 0) is 17.8 Å². The Morgan fingerprint density at radius 2 is 1.95 bits per heavy atom. The van der Waals surface area contributed by atoms with E-state index in [4.69, 9.17) is 23.2 Å². The van der Waals surface area contributed by atoms with E-state index >= 15 is 0 Å². The number of carboxylic acids is 1. The summed E-state index contributed by atoms with van der Waals surface area (Å²) in [5, 5.41) is 17.2. The van der Waals surface area contributed by atoms with Crippen molar-refractivity contribution in [1.82, 2.24) is 10.2 Å². The maximum atomic E-state index is 11.6. The zero-order valence-electron chi connectivity index (χ0n) is 10.8. The van der Waals surface area contributed by atoms with Gasteiger partial charge < -0.3 is 10.0 Å². The summed E-state index contributed by atoms with van der Waals surface area (Å²) >= 11 is 11.9. The molecule has 1 atom stereocenters. The Bertz CT molecular complexity index is 708. The number of nitrogens with zero attached hydrogens (tertiary/aromatic N) is 3. The highest BCUT2D eigenvalue weighted by atomic mass is 35.5. The first-order chi connectivity index (χ1) is 10.1. The molecule has 108 valence electrons. The Labute approximate surface area is 131 Å². The summed E-state index contributed by atoms with van der Waals surface area (Å²) in [6.07, 6.45) is 0.405. The van der Waals surface area contributed by atoms with Crippen molar-refractivity contribution in [2.75, 3.05) is 4.90 Å². The smallest absolute Gasteiger partial charge is 0.326 e. The SMILES string of the molecule is O=C(O)C1Cc2ccccc2CN1c1cc(Cl)nnc1Cl. The van der Waals surface area contributed by atoms with Gasteiger partial charge in [0.05, 0.1) is 5.69 Å². The van der Waals surface area contributed by atoms with Gasteiger partial charge in [0.15, 0.2) is 10.3 Å². The second-order valence-corrected chi connectivity index (χ2v) is 5.54. The molecule has 0 amide bonds. The number of benzene rings is 1. The van der Waals surface area contributed by atoms with Crippen molar-refractivity contribution in [1.29, 1.82) is 0 Å². The average Bonchev–Trinajstić information content (AvgIpc) is 2.48. The molecule has 0 bridgehead atoms. The minimum absolute atomic E-state index is 0.144. The number of anilines is 1. The van der Waals surface area contributed by atoms with Crippen molar-refractivity contribution in [3.63, 3.8) is 0 Å². The highest BCUT2D eigenvalue weighted by Crippen LogP contribution is 2.33. The lowest BCUT2D eigenvalue weighted by Gasteiger charge is -2.36. The molecule has 1 N–H and O–H groups in total. The molecular formula is C14H11Cl2N3O2. The summed E-state index contributed by atoms with van der Waals surface area (Å²) in [5.41, 5.74) is 2.59. The molecule has 0 radical (unpaired) electrons. The molecule has 1 aromatic carbocycles. The largest absolute Gasteiger partial charge is 0.480 e. The molecule has 1 aromatic heterocycles. The Kier molecular flexibility index (Phi) is 3.69. The topological polar surface area (TPSA) is 66.3 Å². The highest BCUT2D eigenvalue weighted by molar-refractivity contribution is 6.33. The third-order valence-electron chi connectivity index (χ3n) is 3.54. The summed E-state index contributed by atoms with van der Waals surface area (Å²) in [6.45, 7) is 0.439. The van der Waals surface area contributed by atoms with Crippen LogP contribution in [0.25, 0.3) is 0 Å². The molecule has 5 nitrogen and oxygen atoms in total. The van der Waals surface area contributed by atoms with Crippen LogP contribution in [0.5, 0.6) is 0 Å². The number of rotatable bonds is 2. The molecule has 7 heteroatoms. The number of fused-ring (bicyclic) bond motifs is 1. The maximum absolute atomic E-state index is 11.6. The molecule has 3 rings (SSSR count). The molecule has 0 spiro atoms. The van der Waals surface area contributed by atoms with E-state index in [1.807, 2.05) is 24.3 Å². The van der Waals surface area contributed by atoms with E-state index in [0.717, 1.165) is 11.1 Å². The summed E-state index contributed by atoms with van der Waals surface area (Å²) < 4.78 is 0. The number of aromatic nitrogens is 2. The van der Waals surface area contributed by atoms with E-state index in [2.05, 4.69) is 10.2 Å². The lowest BCUT2D eigenvalue weighted by molar-refractivity contribution is -0.138. The molecule has 0 fully saturated rings. The van der Waals surface area contributed by atoms with Gasteiger partial charge in [0, 0.05) is 19.0 Å². The predicted molar refractivity (Wildman–Crippen MR) is 79.8 cm³/mol. The van der Waals surface area contributed by atoms with Crippen LogP contribution in [0.4, 0.5) is 5.69 Å². The second-order valence-electron chi connectivity index (χ2n) is 4.80. The summed E-state index contributed by atoms with van der Waals surface area (Å²) in [7, 11) is 0. The van der Waals surface area contributed by atoms with Gasteiger partial charge in [-0.25, -0.2) is 4.79 Å². The van der Waals surface area contributed by atoms with Crippen molar-refractivity contribution in [3.8, 4) is 0 Å². The first-order valence-electron chi connectivity index (χ1n) is 6.31. The first-order valence-corrected chi connectivity index (χ1v) is 7.07. The molecule has 1 unspecified atom stereocenters. The standard InChI is InChI=1S/C14H11Cl2N3O2/c15-12-6-10(13(16)18-17-12)19-7-9-4-2-1-3-8(9)5-11(19)14(20)21/h1-4,6,11H,5,7H2,(H,20,21). The number of halogens is 2. The van der Waals surface area contributed by atoms with Gasteiger partial charge in [0.2, 0.25) is 0 Å². The van der Waals surface area contributed by atoms with Crippen LogP contribution < -0.4 is 4.90 Å². The lowest BCUT2D eigenvalue weighted by atomic mass is 9.93. The van der Waals surface area contributed by atoms with Crippen LogP contribution in [-0.4, -0.2) is 27.3 Å². The average molecular weight is 324 g/mol. The normalized spacial score (nSPS) is 17.4. The Balaban J connectivity index is 2.07. The van der Waals surface area contributed by atoms with Crippen molar-refractivity contribution in [2.45, 2.75) is 19.0 Å². The maximum Gasteiger partial charge on any atom is 0.326 e. The molecule has 2 heterocycles. The number of aliphatic carboxylic acids is 1. The number of hydrogen-bond acceptors (Lipinski definition) is 4. The zero-order chi connectivity index (χ0) is 15.0. The van der Waals surface area contributed by atoms with Crippen LogP contribution in [0.3, 0.4) is 0 Å². The van der Waals surface area contributed by atoms with Gasteiger partial charge in [-0.3, -0.25) is 0 Å². The molecule has 2 aromatic rings. The van der Waals surface area contributed by atoms with E-state index in [1.165, 1.54) is 0 Å². The van der Waals surface area contributed by atoms with Gasteiger partial charge in [-0.1, -0.05) is 47.5 Å². The Hall–Kier alpha value is -1.85. The molecule has 0 saturated heterocycles. The fourth-order valence-corrected chi connectivity index (χ4v) is 2.88. The van der Waals surface area contributed by atoms with Gasteiger partial charge in [0.25, 0.3) is 0 Å². The molecule has 1 aliphatic rings. The van der Waals surface area contributed by atoms with Gasteiger partial charge in [-0.05, 0) is 11.1 Å². The minimum atomic E-state index is -0.909. The van der Waals surface area contributed by atoms with E-state index < -0.39 is 12.0 Å². The van der Waals surface area contributed by atoms with E-state index in [0.29, 0.717) is 18.7 Å². The monoisotopic (exact) mass is 323 g/mol. The van der Waals surface area contributed by atoms with Crippen LogP contribution in [0.1, 0.15) is 11.1 Å². The second kappa shape index (κ2) is 5.50. The Morgan fingerprint density at radius 3 is 2.67 bits per heavy atom. The molecule has 0 aliphatic carbocycles. The molecular weight excluding hydrogens is 313 g/mol. The van der Waals surface area contributed by atoms with Crippen LogP contribution >= 0.6 is 23.2 Å². The predicted octanol–water partition coefficient (Wildman–Crippen LogP) is 2.80. The number of carbonyl (C=O) groups is 1. The van der Waals surface area contributed by atoms with Crippen LogP contribution in [0.15, 0.2) is 30.3 Å². The lowest BCUT2D eigenvalue weighted by Crippen LogP contribution is -2.46. The van der Waals surface area contributed by atoms with Gasteiger partial charge in [-0.2, -0.15) is 0 Å². The quantitative estimate of drug-likeness (QED) is 0.920. The fourth-order valence-electron chi connectivity index (χ4n) is 2.54. The fraction of sp³-hybridized carbons (Fsp3) is 0.214. The summed E-state index contributed by atoms with van der Waals surface area (Å²) in [6, 6.07) is 8.59. The summed E-state index contributed by atoms with van der Waals surface area (Å²) in [5.74, 6) is -0.909.